The van der Waals surface area contributed by atoms with Crippen LogP contribution >= 0.6 is 23.2 Å². The van der Waals surface area contributed by atoms with Crippen molar-refractivity contribution in [2.75, 3.05) is 4.90 Å². The van der Waals surface area contributed by atoms with E-state index < -0.39 is 5.97 Å². The molecule has 0 spiro atoms. The molecule has 156 valence electrons. The molecule has 1 aliphatic heterocycles. The number of carbonyl (C=O) groups is 3. The van der Waals surface area contributed by atoms with Gasteiger partial charge in [0.05, 0.1) is 28.1 Å². The molecular formula is C24H17Cl2NO4. The zero-order valence-corrected chi connectivity index (χ0v) is 17.7. The summed E-state index contributed by atoms with van der Waals surface area (Å²) < 4.78 is 5.39. The molecule has 0 unspecified atom stereocenters. The van der Waals surface area contributed by atoms with E-state index in [9.17, 15) is 14.4 Å². The molecule has 1 heterocycles. The van der Waals surface area contributed by atoms with Crippen molar-refractivity contribution in [3.05, 3.63) is 70.2 Å². The maximum absolute atomic E-state index is 13.3. The first kappa shape index (κ1) is 19.1. The lowest BCUT2D eigenvalue weighted by Gasteiger charge is -2.37. The van der Waals surface area contributed by atoms with Gasteiger partial charge in [0.15, 0.2) is 0 Å². The lowest BCUT2D eigenvalue weighted by Crippen LogP contribution is -2.40. The summed E-state index contributed by atoms with van der Waals surface area (Å²) >= 11 is 12.0. The minimum Gasteiger partial charge on any atom is -0.421 e. The fraction of sp³-hybridized carbons (Fsp3) is 0.292. The van der Waals surface area contributed by atoms with Gasteiger partial charge in [0.2, 0.25) is 11.8 Å². The molecule has 6 atom stereocenters. The van der Waals surface area contributed by atoms with Gasteiger partial charge in [0.25, 0.3) is 0 Å². The molecule has 1 saturated heterocycles. The number of halogens is 2. The minimum atomic E-state index is -0.634. The van der Waals surface area contributed by atoms with Crippen LogP contribution in [0.25, 0.3) is 0 Å². The van der Waals surface area contributed by atoms with E-state index in [0.717, 1.165) is 6.42 Å². The normalized spacial score (nSPS) is 32.1. The van der Waals surface area contributed by atoms with E-state index in [-0.39, 0.29) is 51.8 Å². The van der Waals surface area contributed by atoms with Gasteiger partial charge in [-0.05, 0) is 66.5 Å². The Hall–Kier alpha value is -2.63. The van der Waals surface area contributed by atoms with Gasteiger partial charge >= 0.3 is 5.97 Å². The van der Waals surface area contributed by atoms with Crippen LogP contribution < -0.4 is 9.64 Å². The molecule has 5 nitrogen and oxygen atoms in total. The predicted molar refractivity (Wildman–Crippen MR) is 115 cm³/mol. The Kier molecular flexibility index (Phi) is 4.11. The van der Waals surface area contributed by atoms with Crippen molar-refractivity contribution in [1.29, 1.82) is 0 Å². The van der Waals surface area contributed by atoms with E-state index in [4.69, 9.17) is 27.9 Å². The largest absolute Gasteiger partial charge is 0.421 e. The molecular weight excluding hydrogens is 437 g/mol. The second kappa shape index (κ2) is 6.68. The summed E-state index contributed by atoms with van der Waals surface area (Å²) in [5.41, 5.74) is 0.622. The SMILES string of the molecule is O=C(Oc1ccc(Cl)cc1Cl)c1cccc(N2C(=O)[C@H]3[C@@H]4C=C[C@H]([C@H]5C[C@H]45)[C@@H]3C2=O)c1. The third kappa shape index (κ3) is 2.80. The summed E-state index contributed by atoms with van der Waals surface area (Å²) in [7, 11) is 0. The zero-order chi connectivity index (χ0) is 21.4. The first-order valence-electron chi connectivity index (χ1n) is 10.3. The van der Waals surface area contributed by atoms with Crippen molar-refractivity contribution >= 4 is 46.7 Å². The van der Waals surface area contributed by atoms with Gasteiger partial charge in [-0.25, -0.2) is 9.69 Å². The summed E-state index contributed by atoms with van der Waals surface area (Å²) in [4.78, 5) is 40.5. The average molecular weight is 454 g/mol. The third-order valence-corrected chi connectivity index (χ3v) is 7.63. The first-order valence-corrected chi connectivity index (χ1v) is 11.0. The molecule has 2 amide bonds. The highest BCUT2D eigenvalue weighted by Gasteiger charge is 2.67. The van der Waals surface area contributed by atoms with Gasteiger partial charge in [-0.3, -0.25) is 9.59 Å². The number of ether oxygens (including phenoxy) is 1. The minimum absolute atomic E-state index is 0.154. The third-order valence-electron chi connectivity index (χ3n) is 7.10. The lowest BCUT2D eigenvalue weighted by molar-refractivity contribution is -0.124. The number of benzene rings is 2. The summed E-state index contributed by atoms with van der Waals surface area (Å²) in [5.74, 6) is 0.0507. The van der Waals surface area contributed by atoms with E-state index in [0.29, 0.717) is 22.5 Å². The van der Waals surface area contributed by atoms with Crippen molar-refractivity contribution in [2.45, 2.75) is 6.42 Å². The van der Waals surface area contributed by atoms with Crippen LogP contribution in [0, 0.1) is 35.5 Å². The van der Waals surface area contributed by atoms with Crippen LogP contribution in [0.3, 0.4) is 0 Å². The highest BCUT2D eigenvalue weighted by Crippen LogP contribution is 2.65. The number of allylic oxidation sites excluding steroid dienone is 2. The van der Waals surface area contributed by atoms with Gasteiger partial charge in [-0.1, -0.05) is 41.4 Å². The Morgan fingerprint density at radius 3 is 2.26 bits per heavy atom. The van der Waals surface area contributed by atoms with Gasteiger partial charge in [0.1, 0.15) is 5.75 Å². The number of rotatable bonds is 3. The maximum atomic E-state index is 13.3. The fourth-order valence-corrected chi connectivity index (χ4v) is 6.15. The molecule has 3 fully saturated rings. The summed E-state index contributed by atoms with van der Waals surface area (Å²) in [6, 6.07) is 11.0. The topological polar surface area (TPSA) is 63.7 Å². The van der Waals surface area contributed by atoms with Crippen molar-refractivity contribution in [3.63, 3.8) is 0 Å². The Morgan fingerprint density at radius 1 is 0.935 bits per heavy atom. The number of anilines is 1. The molecule has 2 saturated carbocycles. The van der Waals surface area contributed by atoms with Crippen LogP contribution in [0.2, 0.25) is 10.0 Å². The van der Waals surface area contributed by atoms with Crippen LogP contribution in [-0.2, 0) is 9.59 Å². The van der Waals surface area contributed by atoms with Crippen molar-refractivity contribution in [3.8, 4) is 5.75 Å². The van der Waals surface area contributed by atoms with Crippen molar-refractivity contribution in [2.24, 2.45) is 35.5 Å². The summed E-state index contributed by atoms with van der Waals surface area (Å²) in [6.45, 7) is 0. The summed E-state index contributed by atoms with van der Waals surface area (Å²) in [6.07, 6.45) is 5.39. The van der Waals surface area contributed by atoms with E-state index >= 15 is 0 Å². The maximum Gasteiger partial charge on any atom is 0.343 e. The quantitative estimate of drug-likeness (QED) is 0.290. The Labute approximate surface area is 188 Å². The Balaban J connectivity index is 1.28. The van der Waals surface area contributed by atoms with Crippen molar-refractivity contribution in [1.82, 2.24) is 0 Å². The van der Waals surface area contributed by atoms with Gasteiger partial charge in [-0.2, -0.15) is 0 Å². The van der Waals surface area contributed by atoms with Crippen molar-refractivity contribution < 1.29 is 19.1 Å². The van der Waals surface area contributed by atoms with Gasteiger partial charge in [-0.15, -0.1) is 0 Å². The monoisotopic (exact) mass is 453 g/mol. The fourth-order valence-electron chi connectivity index (χ4n) is 5.70. The number of esters is 1. The molecule has 7 heteroatoms. The van der Waals surface area contributed by atoms with Crippen LogP contribution in [0.5, 0.6) is 5.75 Å². The molecule has 5 aliphatic rings. The zero-order valence-electron chi connectivity index (χ0n) is 16.2. The van der Waals surface area contributed by atoms with Crippen LogP contribution in [-0.4, -0.2) is 17.8 Å². The van der Waals surface area contributed by atoms with Gasteiger partial charge < -0.3 is 4.74 Å². The second-order valence-electron chi connectivity index (χ2n) is 8.68. The molecule has 0 N–H and O–H groups in total. The highest BCUT2D eigenvalue weighted by atomic mass is 35.5. The molecule has 2 aromatic carbocycles. The van der Waals surface area contributed by atoms with Crippen LogP contribution in [0.1, 0.15) is 16.8 Å². The number of nitrogens with zero attached hydrogens (tertiary/aromatic N) is 1. The van der Waals surface area contributed by atoms with E-state index in [2.05, 4.69) is 12.2 Å². The Bertz CT molecular complexity index is 1160. The smallest absolute Gasteiger partial charge is 0.343 e. The number of imide groups is 1. The van der Waals surface area contributed by atoms with E-state index in [1.165, 1.54) is 23.1 Å². The molecule has 4 aliphatic carbocycles. The number of amides is 2. The number of hydrogen-bond donors (Lipinski definition) is 0. The molecule has 0 aromatic heterocycles. The standard InChI is InChI=1S/C24H17Cl2NO4/c25-12-4-7-19(18(26)9-12)31-24(30)11-2-1-3-13(8-11)27-22(28)20-14-5-6-15(17-10-16(14)17)21(20)23(27)29/h1-9,14-17,20-21H,10H2/t14-,15-,16-,17-,20+,21+/m1/s1. The summed E-state index contributed by atoms with van der Waals surface area (Å²) in [5, 5.41) is 0.646. The van der Waals surface area contributed by atoms with Crippen LogP contribution in [0.4, 0.5) is 5.69 Å². The molecule has 7 rings (SSSR count). The number of hydrogen-bond acceptors (Lipinski definition) is 4. The molecule has 2 aromatic rings. The van der Waals surface area contributed by atoms with E-state index in [1.54, 1.807) is 24.3 Å². The van der Waals surface area contributed by atoms with E-state index in [1.807, 2.05) is 0 Å². The molecule has 2 bridgehead atoms. The lowest BCUT2D eigenvalue weighted by atomic mass is 9.63. The second-order valence-corrected chi connectivity index (χ2v) is 9.52. The number of carbonyl (C=O) groups excluding carboxylic acids is 3. The molecule has 31 heavy (non-hydrogen) atoms. The highest BCUT2D eigenvalue weighted by molar-refractivity contribution is 6.35. The Morgan fingerprint density at radius 2 is 1.61 bits per heavy atom. The molecule has 0 radical (unpaired) electrons. The average Bonchev–Trinajstić information content (AvgIpc) is 3.53. The first-order chi connectivity index (χ1) is 14.9. The van der Waals surface area contributed by atoms with Gasteiger partial charge in [0, 0.05) is 5.02 Å². The predicted octanol–water partition coefficient (Wildman–Crippen LogP) is 4.77. The van der Waals surface area contributed by atoms with Crippen LogP contribution in [0.15, 0.2) is 54.6 Å².